The first kappa shape index (κ1) is 16.6. The highest BCUT2D eigenvalue weighted by molar-refractivity contribution is 6.09. The van der Waals surface area contributed by atoms with Gasteiger partial charge in [-0.05, 0) is 48.7 Å². The van der Waals surface area contributed by atoms with E-state index in [4.69, 9.17) is 0 Å². The molecule has 0 aliphatic carbocycles. The molecule has 1 amide bonds. The van der Waals surface area contributed by atoms with Crippen LogP contribution >= 0.6 is 0 Å². The molecule has 0 fully saturated rings. The zero-order valence-electron chi connectivity index (χ0n) is 13.5. The Morgan fingerprint density at radius 1 is 1.30 bits per heavy atom. The van der Waals surface area contributed by atoms with Crippen LogP contribution < -0.4 is 5.32 Å². The number of nitrogens with zero attached hydrogens (tertiary/aromatic N) is 2. The van der Waals surface area contributed by atoms with Gasteiger partial charge in [0.15, 0.2) is 0 Å². The van der Waals surface area contributed by atoms with Crippen molar-refractivity contribution in [1.29, 1.82) is 5.26 Å². The highest BCUT2D eigenvalue weighted by atomic mass is 16.1. The van der Waals surface area contributed by atoms with E-state index in [1.807, 2.05) is 60.3 Å². The second kappa shape index (κ2) is 8.00. The third-order valence-electron chi connectivity index (χ3n) is 3.67. The van der Waals surface area contributed by atoms with Crippen LogP contribution in [0.3, 0.4) is 0 Å². The Hall–Kier alpha value is -2.80. The highest BCUT2D eigenvalue weighted by Crippen LogP contribution is 2.14. The fraction of sp³-hybridized carbons (Fsp3) is 0.263. The minimum atomic E-state index is -0.394. The molecule has 0 bridgehead atoms. The second-order valence-electron chi connectivity index (χ2n) is 5.47. The van der Waals surface area contributed by atoms with E-state index in [-0.39, 0.29) is 5.57 Å². The average molecular weight is 307 g/mol. The molecule has 118 valence electrons. The molecule has 0 aliphatic heterocycles. The molecule has 4 heteroatoms. The lowest BCUT2D eigenvalue weighted by atomic mass is 10.1. The molecule has 0 saturated carbocycles. The number of hydrogen-bond donors (Lipinski definition) is 1. The lowest BCUT2D eigenvalue weighted by Crippen LogP contribution is -2.13. The Balaban J connectivity index is 2.07. The summed E-state index contributed by atoms with van der Waals surface area (Å²) in [6, 6.07) is 13.5. The topological polar surface area (TPSA) is 57.8 Å². The van der Waals surface area contributed by atoms with Crippen LogP contribution in [0.5, 0.6) is 0 Å². The van der Waals surface area contributed by atoms with Gasteiger partial charge in [0.05, 0.1) is 0 Å². The number of nitrogens with one attached hydrogen (secondary N) is 1. The van der Waals surface area contributed by atoms with E-state index in [9.17, 15) is 10.1 Å². The minimum absolute atomic E-state index is 0.0851. The van der Waals surface area contributed by atoms with E-state index in [1.54, 1.807) is 6.08 Å². The zero-order valence-corrected chi connectivity index (χ0v) is 13.5. The van der Waals surface area contributed by atoms with Gasteiger partial charge in [-0.15, -0.1) is 0 Å². The number of anilines is 1. The largest absolute Gasteiger partial charge is 0.351 e. The number of hydrogen-bond acceptors (Lipinski definition) is 2. The summed E-state index contributed by atoms with van der Waals surface area (Å²) < 4.78 is 1.85. The van der Waals surface area contributed by atoms with Gasteiger partial charge in [-0.1, -0.05) is 25.5 Å². The van der Waals surface area contributed by atoms with Crippen LogP contribution in [0.4, 0.5) is 5.69 Å². The first-order valence-electron chi connectivity index (χ1n) is 7.77. The number of aryl methyl sites for hydroxylation is 2. The SMILES string of the molecule is CCCCc1ccc(NC(=O)/C(C#N)=C/c2cccn2C)cc1. The standard InChI is InChI=1S/C19H21N3O/c1-3-4-6-15-8-10-17(11-9-15)21-19(23)16(14-20)13-18-7-5-12-22(18)2/h5,7-13H,3-4,6H2,1-2H3,(H,21,23)/b16-13+. The minimum Gasteiger partial charge on any atom is -0.351 e. The molecule has 0 radical (unpaired) electrons. The van der Waals surface area contributed by atoms with Crippen molar-refractivity contribution in [3.05, 3.63) is 59.4 Å². The number of nitriles is 1. The fourth-order valence-electron chi connectivity index (χ4n) is 2.25. The van der Waals surface area contributed by atoms with Gasteiger partial charge in [0.1, 0.15) is 11.6 Å². The Morgan fingerprint density at radius 3 is 2.61 bits per heavy atom. The number of benzene rings is 1. The van der Waals surface area contributed by atoms with Crippen LogP contribution in [0.15, 0.2) is 48.2 Å². The second-order valence-corrected chi connectivity index (χ2v) is 5.47. The molecule has 0 unspecified atom stereocenters. The van der Waals surface area contributed by atoms with Gasteiger partial charge in [0.2, 0.25) is 0 Å². The molecular weight excluding hydrogens is 286 g/mol. The van der Waals surface area contributed by atoms with Gasteiger partial charge in [0.25, 0.3) is 5.91 Å². The van der Waals surface area contributed by atoms with Crippen molar-refractivity contribution < 1.29 is 4.79 Å². The van der Waals surface area contributed by atoms with Crippen molar-refractivity contribution in [2.24, 2.45) is 7.05 Å². The molecule has 2 rings (SSSR count). The summed E-state index contributed by atoms with van der Waals surface area (Å²) in [6.45, 7) is 2.16. The van der Waals surface area contributed by atoms with Crippen LogP contribution in [-0.2, 0) is 18.3 Å². The number of unbranched alkanes of at least 4 members (excludes halogenated alkanes) is 1. The zero-order chi connectivity index (χ0) is 16.7. The third kappa shape index (κ3) is 4.58. The van der Waals surface area contributed by atoms with E-state index in [2.05, 4.69) is 12.2 Å². The average Bonchev–Trinajstić information content (AvgIpc) is 2.96. The number of amides is 1. The first-order chi connectivity index (χ1) is 11.1. The Kier molecular flexibility index (Phi) is 5.76. The lowest BCUT2D eigenvalue weighted by molar-refractivity contribution is -0.112. The molecule has 2 aromatic rings. The Bertz CT molecular complexity index is 733. The van der Waals surface area contributed by atoms with Crippen LogP contribution in [-0.4, -0.2) is 10.5 Å². The van der Waals surface area contributed by atoms with Crippen LogP contribution in [0.2, 0.25) is 0 Å². The molecule has 0 aliphatic rings. The molecule has 1 N–H and O–H groups in total. The van der Waals surface area contributed by atoms with Gasteiger partial charge in [-0.2, -0.15) is 5.26 Å². The monoisotopic (exact) mass is 307 g/mol. The van der Waals surface area contributed by atoms with Crippen molar-refractivity contribution >= 4 is 17.7 Å². The highest BCUT2D eigenvalue weighted by Gasteiger charge is 2.10. The molecule has 1 heterocycles. The Morgan fingerprint density at radius 2 is 2.04 bits per heavy atom. The summed E-state index contributed by atoms with van der Waals surface area (Å²) in [5.41, 5.74) is 2.85. The van der Waals surface area contributed by atoms with Gasteiger partial charge >= 0.3 is 0 Å². The lowest BCUT2D eigenvalue weighted by Gasteiger charge is -2.06. The maximum atomic E-state index is 12.2. The Labute approximate surface area is 137 Å². The van der Waals surface area contributed by atoms with E-state index in [0.717, 1.165) is 25.0 Å². The molecule has 4 nitrogen and oxygen atoms in total. The number of aromatic nitrogens is 1. The first-order valence-corrected chi connectivity index (χ1v) is 7.77. The predicted octanol–water partition coefficient (Wildman–Crippen LogP) is 3.91. The van der Waals surface area contributed by atoms with Crippen LogP contribution in [0.1, 0.15) is 31.0 Å². The molecule has 1 aromatic heterocycles. The van der Waals surface area contributed by atoms with Crippen molar-refractivity contribution in [2.75, 3.05) is 5.32 Å². The van der Waals surface area contributed by atoms with Crippen molar-refractivity contribution in [1.82, 2.24) is 4.57 Å². The summed E-state index contributed by atoms with van der Waals surface area (Å²) in [5.74, 6) is -0.394. The van der Waals surface area contributed by atoms with Gasteiger partial charge in [-0.25, -0.2) is 0 Å². The van der Waals surface area contributed by atoms with Gasteiger partial charge in [0, 0.05) is 24.6 Å². The third-order valence-corrected chi connectivity index (χ3v) is 3.67. The molecule has 0 spiro atoms. The van der Waals surface area contributed by atoms with E-state index < -0.39 is 5.91 Å². The number of carbonyl (C=O) groups excluding carboxylic acids is 1. The van der Waals surface area contributed by atoms with Crippen LogP contribution in [0.25, 0.3) is 6.08 Å². The quantitative estimate of drug-likeness (QED) is 0.649. The fourth-order valence-corrected chi connectivity index (χ4v) is 2.25. The molecule has 0 atom stereocenters. The van der Waals surface area contributed by atoms with Crippen molar-refractivity contribution in [3.63, 3.8) is 0 Å². The number of rotatable bonds is 6. The maximum Gasteiger partial charge on any atom is 0.266 e. The van der Waals surface area contributed by atoms with E-state index in [0.29, 0.717) is 5.69 Å². The summed E-state index contributed by atoms with van der Waals surface area (Å²) in [4.78, 5) is 12.2. The van der Waals surface area contributed by atoms with Gasteiger partial charge in [-0.3, -0.25) is 4.79 Å². The van der Waals surface area contributed by atoms with Crippen molar-refractivity contribution in [3.8, 4) is 6.07 Å². The summed E-state index contributed by atoms with van der Waals surface area (Å²) in [7, 11) is 1.87. The molecule has 0 saturated heterocycles. The normalized spacial score (nSPS) is 11.1. The van der Waals surface area contributed by atoms with E-state index in [1.165, 1.54) is 5.56 Å². The molecular formula is C19H21N3O. The number of carbonyl (C=O) groups is 1. The smallest absolute Gasteiger partial charge is 0.266 e. The van der Waals surface area contributed by atoms with Crippen LogP contribution in [0, 0.1) is 11.3 Å². The molecule has 1 aromatic carbocycles. The predicted molar refractivity (Wildman–Crippen MR) is 92.7 cm³/mol. The van der Waals surface area contributed by atoms with Gasteiger partial charge < -0.3 is 9.88 Å². The summed E-state index contributed by atoms with van der Waals surface area (Å²) >= 11 is 0. The molecule has 23 heavy (non-hydrogen) atoms. The maximum absolute atomic E-state index is 12.2. The van der Waals surface area contributed by atoms with E-state index >= 15 is 0 Å². The summed E-state index contributed by atoms with van der Waals surface area (Å²) in [6.07, 6.45) is 6.82. The summed E-state index contributed by atoms with van der Waals surface area (Å²) in [5, 5.41) is 12.0. The van der Waals surface area contributed by atoms with Crippen molar-refractivity contribution in [2.45, 2.75) is 26.2 Å².